The second-order valence-corrected chi connectivity index (χ2v) is 10.5. The predicted molar refractivity (Wildman–Crippen MR) is 122 cm³/mol. The molecule has 3 fully saturated rings. The van der Waals surface area contributed by atoms with E-state index >= 15 is 0 Å². The molecule has 1 amide bonds. The fraction of sp³-hybridized carbons (Fsp3) is 0.593. The molecule has 1 aromatic rings. The highest BCUT2D eigenvalue weighted by Gasteiger charge is 2.42. The maximum atomic E-state index is 13.7. The van der Waals surface area contributed by atoms with Gasteiger partial charge in [0.05, 0.1) is 11.5 Å². The van der Waals surface area contributed by atoms with Gasteiger partial charge >= 0.3 is 5.97 Å². The standard InChI is InChI=1S/C27H33NO4/c1-15-10-16(2)23(17(3)11-15)24-22(32-27(31)20-6-7-20)13-21(25(24)29)12-18-8-9-28(14-18)26(30)19-4-5-19/h10-11,18-21H,4-9,12-14H2,1-3H3. The molecule has 5 nitrogen and oxygen atoms in total. The highest BCUT2D eigenvalue weighted by atomic mass is 16.5. The van der Waals surface area contributed by atoms with Crippen LogP contribution in [0.25, 0.3) is 5.57 Å². The Bertz CT molecular complexity index is 991. The quantitative estimate of drug-likeness (QED) is 0.617. The molecule has 0 radical (unpaired) electrons. The van der Waals surface area contributed by atoms with Crippen molar-refractivity contribution in [1.82, 2.24) is 4.90 Å². The lowest BCUT2D eigenvalue weighted by Crippen LogP contribution is -2.30. The maximum Gasteiger partial charge on any atom is 0.314 e. The molecule has 2 saturated carbocycles. The van der Waals surface area contributed by atoms with E-state index < -0.39 is 0 Å². The van der Waals surface area contributed by atoms with Crippen LogP contribution in [0.4, 0.5) is 0 Å². The number of nitrogens with zero attached hydrogens (tertiary/aromatic N) is 1. The summed E-state index contributed by atoms with van der Waals surface area (Å²) in [5, 5.41) is 0. The molecule has 0 aromatic heterocycles. The van der Waals surface area contributed by atoms with Crippen molar-refractivity contribution in [1.29, 1.82) is 0 Å². The number of ether oxygens (including phenoxy) is 1. The number of likely N-dealkylation sites (tertiary alicyclic amines) is 1. The van der Waals surface area contributed by atoms with Crippen LogP contribution in [0.3, 0.4) is 0 Å². The Morgan fingerprint density at radius 2 is 1.66 bits per heavy atom. The Morgan fingerprint density at radius 3 is 2.28 bits per heavy atom. The summed E-state index contributed by atoms with van der Waals surface area (Å²) in [6.45, 7) is 7.68. The molecular weight excluding hydrogens is 402 g/mol. The van der Waals surface area contributed by atoms with Crippen LogP contribution in [0.2, 0.25) is 0 Å². The first kappa shape index (κ1) is 21.4. The molecule has 1 saturated heterocycles. The number of amides is 1. The van der Waals surface area contributed by atoms with Crippen LogP contribution in [0.15, 0.2) is 17.9 Å². The minimum absolute atomic E-state index is 0.00468. The first-order valence-corrected chi connectivity index (χ1v) is 12.2. The lowest BCUT2D eigenvalue weighted by molar-refractivity contribution is -0.141. The number of rotatable bonds is 6. The minimum atomic E-state index is -0.185. The van der Waals surface area contributed by atoms with Crippen molar-refractivity contribution in [3.05, 3.63) is 40.1 Å². The Kier molecular flexibility index (Phi) is 5.47. The summed E-state index contributed by atoms with van der Waals surface area (Å²) in [4.78, 5) is 40.6. The third-order valence-electron chi connectivity index (χ3n) is 7.53. The average Bonchev–Trinajstić information content (AvgIpc) is 3.65. The van der Waals surface area contributed by atoms with Crippen LogP contribution in [0.5, 0.6) is 0 Å². The van der Waals surface area contributed by atoms with Crippen LogP contribution in [0, 0.1) is 44.4 Å². The fourth-order valence-electron chi connectivity index (χ4n) is 5.62. The van der Waals surface area contributed by atoms with E-state index in [0.29, 0.717) is 29.6 Å². The van der Waals surface area contributed by atoms with Crippen LogP contribution in [0.1, 0.15) is 67.2 Å². The van der Waals surface area contributed by atoms with Gasteiger partial charge in [-0.2, -0.15) is 0 Å². The summed E-state index contributed by atoms with van der Waals surface area (Å²) in [5.41, 5.74) is 4.80. The summed E-state index contributed by atoms with van der Waals surface area (Å²) in [7, 11) is 0. The van der Waals surface area contributed by atoms with Crippen molar-refractivity contribution in [2.75, 3.05) is 13.1 Å². The van der Waals surface area contributed by atoms with Crippen molar-refractivity contribution >= 4 is 23.2 Å². The number of Topliss-reactive ketones (excluding diaryl/α,β-unsaturated/α-hetero) is 1. The number of ketones is 1. The van der Waals surface area contributed by atoms with Crippen molar-refractivity contribution in [2.24, 2.45) is 23.7 Å². The van der Waals surface area contributed by atoms with E-state index in [1.807, 2.05) is 18.7 Å². The van der Waals surface area contributed by atoms with Crippen LogP contribution in [-0.2, 0) is 19.1 Å². The molecule has 0 spiro atoms. The third kappa shape index (κ3) is 4.14. The van der Waals surface area contributed by atoms with E-state index in [4.69, 9.17) is 4.74 Å². The molecular formula is C27H33NO4. The van der Waals surface area contributed by atoms with E-state index in [1.165, 1.54) is 0 Å². The summed E-state index contributed by atoms with van der Waals surface area (Å²) >= 11 is 0. The Morgan fingerprint density at radius 1 is 1.00 bits per heavy atom. The molecule has 1 aliphatic heterocycles. The average molecular weight is 436 g/mol. The Hall–Kier alpha value is -2.43. The lowest BCUT2D eigenvalue weighted by atomic mass is 9.87. The number of esters is 1. The Labute approximate surface area is 190 Å². The van der Waals surface area contributed by atoms with Gasteiger partial charge in [0.1, 0.15) is 5.76 Å². The number of aryl methyl sites for hydroxylation is 3. The molecule has 32 heavy (non-hydrogen) atoms. The molecule has 1 aromatic carbocycles. The van der Waals surface area contributed by atoms with Gasteiger partial charge in [0, 0.05) is 31.3 Å². The zero-order chi connectivity index (χ0) is 22.6. The van der Waals surface area contributed by atoms with Gasteiger partial charge in [0.25, 0.3) is 0 Å². The van der Waals surface area contributed by atoms with Crippen molar-refractivity contribution < 1.29 is 19.1 Å². The maximum absolute atomic E-state index is 13.7. The Balaban J connectivity index is 1.36. The number of carbonyl (C=O) groups is 3. The van der Waals surface area contributed by atoms with Crippen LogP contribution in [-0.4, -0.2) is 35.6 Å². The van der Waals surface area contributed by atoms with Gasteiger partial charge in [-0.3, -0.25) is 14.4 Å². The van der Waals surface area contributed by atoms with Crippen LogP contribution >= 0.6 is 0 Å². The van der Waals surface area contributed by atoms with Crippen LogP contribution < -0.4 is 0 Å². The van der Waals surface area contributed by atoms with Crippen molar-refractivity contribution in [3.63, 3.8) is 0 Å². The molecule has 4 aliphatic rings. The fourth-order valence-corrected chi connectivity index (χ4v) is 5.62. The number of benzene rings is 1. The lowest BCUT2D eigenvalue weighted by Gasteiger charge is -2.18. The van der Waals surface area contributed by atoms with E-state index in [0.717, 1.165) is 73.9 Å². The second kappa shape index (κ2) is 8.17. The van der Waals surface area contributed by atoms with Crippen molar-refractivity contribution in [2.45, 2.75) is 65.7 Å². The van der Waals surface area contributed by atoms with Gasteiger partial charge in [-0.1, -0.05) is 17.7 Å². The highest BCUT2D eigenvalue weighted by molar-refractivity contribution is 6.25. The van der Waals surface area contributed by atoms with Gasteiger partial charge in [-0.25, -0.2) is 0 Å². The van der Waals surface area contributed by atoms with E-state index in [9.17, 15) is 14.4 Å². The molecule has 2 unspecified atom stereocenters. The highest BCUT2D eigenvalue weighted by Crippen LogP contribution is 2.43. The first-order chi connectivity index (χ1) is 15.3. The molecule has 0 bridgehead atoms. The minimum Gasteiger partial charge on any atom is -0.430 e. The molecule has 5 rings (SSSR count). The summed E-state index contributed by atoms with van der Waals surface area (Å²) in [6.07, 6.45) is 6.02. The van der Waals surface area contributed by atoms with E-state index in [1.54, 1.807) is 0 Å². The summed E-state index contributed by atoms with van der Waals surface area (Å²) in [6, 6.07) is 4.18. The second-order valence-electron chi connectivity index (χ2n) is 10.5. The largest absolute Gasteiger partial charge is 0.430 e. The predicted octanol–water partition coefficient (Wildman–Crippen LogP) is 4.51. The van der Waals surface area contributed by atoms with Gasteiger partial charge in [0.15, 0.2) is 5.78 Å². The summed E-state index contributed by atoms with van der Waals surface area (Å²) in [5.74, 6) is 1.19. The number of hydrogen-bond acceptors (Lipinski definition) is 4. The number of allylic oxidation sites excluding steroid dienone is 2. The monoisotopic (exact) mass is 435 g/mol. The number of hydrogen-bond donors (Lipinski definition) is 0. The van der Waals surface area contributed by atoms with E-state index in [2.05, 4.69) is 19.1 Å². The topological polar surface area (TPSA) is 63.7 Å². The molecule has 5 heteroatoms. The summed E-state index contributed by atoms with van der Waals surface area (Å²) < 4.78 is 5.86. The zero-order valence-corrected chi connectivity index (χ0v) is 19.4. The number of carbonyl (C=O) groups excluding carboxylic acids is 3. The van der Waals surface area contributed by atoms with E-state index in [-0.39, 0.29) is 29.5 Å². The smallest absolute Gasteiger partial charge is 0.314 e. The van der Waals surface area contributed by atoms with Gasteiger partial charge in [-0.15, -0.1) is 0 Å². The van der Waals surface area contributed by atoms with Gasteiger partial charge in [-0.05, 0) is 81.9 Å². The SMILES string of the molecule is Cc1cc(C)c(C2=C(OC(=O)C3CC3)CC(CC3CCN(C(=O)C4CC4)C3)C2=O)c(C)c1. The van der Waals surface area contributed by atoms with Crippen molar-refractivity contribution in [3.8, 4) is 0 Å². The normalized spacial score (nSPS) is 25.6. The van der Waals surface area contributed by atoms with Gasteiger partial charge < -0.3 is 9.64 Å². The zero-order valence-electron chi connectivity index (χ0n) is 19.4. The molecule has 2 atom stereocenters. The molecule has 0 N–H and O–H groups in total. The molecule has 3 aliphatic carbocycles. The molecule has 1 heterocycles. The third-order valence-corrected chi connectivity index (χ3v) is 7.53. The van der Waals surface area contributed by atoms with Gasteiger partial charge in [0.2, 0.25) is 5.91 Å². The first-order valence-electron chi connectivity index (χ1n) is 12.2. The molecule has 170 valence electrons.